The van der Waals surface area contributed by atoms with Crippen molar-refractivity contribution >= 4 is 65.0 Å². The molecule has 0 radical (unpaired) electrons. The van der Waals surface area contributed by atoms with Crippen LogP contribution in [0.5, 0.6) is 0 Å². The molecule has 11 aromatic rings. The average Bonchev–Trinajstić information content (AvgIpc) is 3.74. The van der Waals surface area contributed by atoms with Crippen molar-refractivity contribution in [3.8, 4) is 44.5 Å². The summed E-state index contributed by atoms with van der Waals surface area (Å²) in [6.45, 7) is 4.74. The largest absolute Gasteiger partial charge is 0.455 e. The minimum Gasteiger partial charge on any atom is -0.455 e. The number of hydrogen-bond acceptors (Lipinski definition) is 1. The van der Waals surface area contributed by atoms with Crippen LogP contribution in [0.15, 0.2) is 186 Å². The van der Waals surface area contributed by atoms with Crippen LogP contribution in [-0.2, 0) is 5.41 Å². The summed E-state index contributed by atoms with van der Waals surface area (Å²) in [4.78, 5) is 0. The van der Waals surface area contributed by atoms with Gasteiger partial charge in [0.15, 0.2) is 0 Å². The first-order chi connectivity index (χ1) is 27.5. The molecular formula is C55H36O. The molecule has 1 aromatic heterocycles. The summed E-state index contributed by atoms with van der Waals surface area (Å²) in [5.41, 5.74) is 14.6. The van der Waals surface area contributed by atoms with Crippen molar-refractivity contribution in [2.24, 2.45) is 0 Å². The maximum absolute atomic E-state index is 6.61. The standard InChI is InChI=1S/C55H36O/c1-55(2)47-30-27-36-25-28-45-40-13-9-10-18-49(40)56-54(45)52(36)53(47)46-29-26-38(32-48(46)55)34-19-22-35(23-20-34)50-41-14-5-7-16-43(41)51(44-17-8-6-15-42(44)50)39-24-21-33-11-3-4-12-37(33)31-39/h3-32H,1-2H3. The summed E-state index contributed by atoms with van der Waals surface area (Å²) < 4.78 is 6.61. The lowest BCUT2D eigenvalue weighted by Crippen LogP contribution is -2.15. The molecule has 0 spiro atoms. The number of hydrogen-bond donors (Lipinski definition) is 0. The minimum absolute atomic E-state index is 0.159. The van der Waals surface area contributed by atoms with Crippen LogP contribution in [0.1, 0.15) is 25.0 Å². The molecule has 0 unspecified atom stereocenters. The quantitative estimate of drug-likeness (QED) is 0.166. The fourth-order valence-corrected chi connectivity index (χ4v) is 9.92. The molecule has 12 rings (SSSR count). The zero-order valence-corrected chi connectivity index (χ0v) is 31.2. The van der Waals surface area contributed by atoms with Crippen LogP contribution >= 0.6 is 0 Å². The molecule has 1 aliphatic carbocycles. The van der Waals surface area contributed by atoms with Crippen molar-refractivity contribution in [1.29, 1.82) is 0 Å². The van der Waals surface area contributed by atoms with Crippen molar-refractivity contribution < 1.29 is 4.42 Å². The first-order valence-corrected chi connectivity index (χ1v) is 19.6. The molecule has 0 amide bonds. The number of benzene rings is 10. The predicted octanol–water partition coefficient (Wildman–Crippen LogP) is 15.5. The second-order valence-corrected chi connectivity index (χ2v) is 16.0. The maximum atomic E-state index is 6.61. The van der Waals surface area contributed by atoms with Crippen molar-refractivity contribution in [3.63, 3.8) is 0 Å². The highest BCUT2D eigenvalue weighted by Gasteiger charge is 2.37. The molecule has 56 heavy (non-hydrogen) atoms. The molecule has 10 aromatic carbocycles. The van der Waals surface area contributed by atoms with Crippen LogP contribution in [0, 0.1) is 0 Å². The highest BCUT2D eigenvalue weighted by atomic mass is 16.3. The van der Waals surface area contributed by atoms with Crippen LogP contribution in [0.25, 0.3) is 110 Å². The highest BCUT2D eigenvalue weighted by molar-refractivity contribution is 6.22. The fraction of sp³-hybridized carbons (Fsp3) is 0.0545. The molecule has 0 bridgehead atoms. The van der Waals surface area contributed by atoms with E-state index in [0.29, 0.717) is 0 Å². The molecule has 0 fully saturated rings. The summed E-state index contributed by atoms with van der Waals surface area (Å²) in [5.74, 6) is 0. The lowest BCUT2D eigenvalue weighted by molar-refractivity contribution is 0.660. The Morgan fingerprint density at radius 1 is 0.357 bits per heavy atom. The Kier molecular flexibility index (Phi) is 6.46. The molecule has 1 heterocycles. The minimum atomic E-state index is -0.159. The third-order valence-corrected chi connectivity index (χ3v) is 12.6. The van der Waals surface area contributed by atoms with Crippen LogP contribution in [0.3, 0.4) is 0 Å². The Balaban J connectivity index is 0.991. The highest BCUT2D eigenvalue weighted by Crippen LogP contribution is 2.54. The van der Waals surface area contributed by atoms with E-state index >= 15 is 0 Å². The topological polar surface area (TPSA) is 13.1 Å². The van der Waals surface area contributed by atoms with Gasteiger partial charge in [-0.3, -0.25) is 0 Å². The second-order valence-electron chi connectivity index (χ2n) is 16.0. The van der Waals surface area contributed by atoms with Gasteiger partial charge in [-0.05, 0) is 118 Å². The molecule has 0 N–H and O–H groups in total. The number of para-hydroxylation sites is 1. The van der Waals surface area contributed by atoms with Gasteiger partial charge in [0.1, 0.15) is 11.2 Å². The summed E-state index contributed by atoms with van der Waals surface area (Å²) in [6, 6.07) is 67.1. The predicted molar refractivity (Wildman–Crippen MR) is 238 cm³/mol. The number of rotatable bonds is 3. The molecule has 0 aliphatic heterocycles. The van der Waals surface area contributed by atoms with Gasteiger partial charge in [-0.15, -0.1) is 0 Å². The van der Waals surface area contributed by atoms with E-state index in [-0.39, 0.29) is 5.41 Å². The third-order valence-electron chi connectivity index (χ3n) is 12.6. The van der Waals surface area contributed by atoms with Gasteiger partial charge in [-0.1, -0.05) is 172 Å². The summed E-state index contributed by atoms with van der Waals surface area (Å²) >= 11 is 0. The number of furan rings is 1. The SMILES string of the molecule is CC1(C)c2cc(-c3ccc(-c4c5ccccc5c(-c5ccc6ccccc6c5)c5ccccc45)cc3)ccc2-c2c1ccc1ccc3c4ccccc4oc3c21. The van der Waals surface area contributed by atoms with Crippen LogP contribution < -0.4 is 0 Å². The van der Waals surface area contributed by atoms with Gasteiger partial charge in [0, 0.05) is 21.6 Å². The zero-order valence-electron chi connectivity index (χ0n) is 31.2. The van der Waals surface area contributed by atoms with Gasteiger partial charge in [0.25, 0.3) is 0 Å². The molecule has 0 saturated carbocycles. The van der Waals surface area contributed by atoms with Crippen molar-refractivity contribution in [2.75, 3.05) is 0 Å². The summed E-state index contributed by atoms with van der Waals surface area (Å²) in [7, 11) is 0. The second kappa shape index (κ2) is 11.5. The van der Waals surface area contributed by atoms with Crippen LogP contribution in [-0.4, -0.2) is 0 Å². The molecule has 0 saturated heterocycles. The van der Waals surface area contributed by atoms with E-state index in [2.05, 4.69) is 196 Å². The zero-order chi connectivity index (χ0) is 37.1. The Morgan fingerprint density at radius 2 is 0.911 bits per heavy atom. The Labute approximate surface area is 325 Å². The first kappa shape index (κ1) is 31.4. The van der Waals surface area contributed by atoms with Crippen LogP contribution in [0.2, 0.25) is 0 Å². The molecule has 1 heteroatoms. The van der Waals surface area contributed by atoms with Crippen LogP contribution in [0.4, 0.5) is 0 Å². The molecular weight excluding hydrogens is 677 g/mol. The molecule has 262 valence electrons. The Bertz CT molecular complexity index is 3370. The van der Waals surface area contributed by atoms with Gasteiger partial charge in [0.05, 0.1) is 0 Å². The van der Waals surface area contributed by atoms with E-state index in [1.54, 1.807) is 0 Å². The molecule has 1 nitrogen and oxygen atoms in total. The third kappa shape index (κ3) is 4.37. The van der Waals surface area contributed by atoms with Crippen molar-refractivity contribution in [2.45, 2.75) is 19.3 Å². The first-order valence-electron chi connectivity index (χ1n) is 19.6. The molecule has 1 aliphatic rings. The smallest absolute Gasteiger partial charge is 0.143 e. The van der Waals surface area contributed by atoms with Gasteiger partial charge in [-0.25, -0.2) is 0 Å². The Hall–Kier alpha value is -6.96. The van der Waals surface area contributed by atoms with Gasteiger partial charge >= 0.3 is 0 Å². The Morgan fingerprint density at radius 3 is 1.64 bits per heavy atom. The van der Waals surface area contributed by atoms with E-state index in [0.717, 1.165) is 11.2 Å². The van der Waals surface area contributed by atoms with E-state index in [1.165, 1.54) is 109 Å². The van der Waals surface area contributed by atoms with Crippen molar-refractivity contribution in [3.05, 3.63) is 193 Å². The van der Waals surface area contributed by atoms with E-state index in [1.807, 2.05) is 0 Å². The number of fused-ring (bicyclic) bond motifs is 12. The lowest BCUT2D eigenvalue weighted by atomic mass is 9.81. The van der Waals surface area contributed by atoms with E-state index in [4.69, 9.17) is 4.42 Å². The molecule has 0 atom stereocenters. The maximum Gasteiger partial charge on any atom is 0.143 e. The average molecular weight is 713 g/mol. The lowest BCUT2D eigenvalue weighted by Gasteiger charge is -2.22. The normalized spacial score (nSPS) is 13.3. The fourth-order valence-electron chi connectivity index (χ4n) is 9.92. The van der Waals surface area contributed by atoms with E-state index in [9.17, 15) is 0 Å². The monoisotopic (exact) mass is 712 g/mol. The summed E-state index contributed by atoms with van der Waals surface area (Å²) in [6.07, 6.45) is 0. The summed E-state index contributed by atoms with van der Waals surface area (Å²) in [5, 5.41) is 12.4. The van der Waals surface area contributed by atoms with Gasteiger partial charge in [0.2, 0.25) is 0 Å². The van der Waals surface area contributed by atoms with Gasteiger partial charge < -0.3 is 4.42 Å². The van der Waals surface area contributed by atoms with E-state index < -0.39 is 0 Å². The van der Waals surface area contributed by atoms with Gasteiger partial charge in [-0.2, -0.15) is 0 Å². The van der Waals surface area contributed by atoms with Crippen molar-refractivity contribution in [1.82, 2.24) is 0 Å².